The van der Waals surface area contributed by atoms with E-state index in [1.54, 1.807) is 11.0 Å². The number of amides is 2. The first-order valence-electron chi connectivity index (χ1n) is 10.6. The number of carbonyl (C=O) groups excluding carboxylic acids is 1. The summed E-state index contributed by atoms with van der Waals surface area (Å²) in [5.74, 6) is 0. The van der Waals surface area contributed by atoms with E-state index < -0.39 is 0 Å². The summed E-state index contributed by atoms with van der Waals surface area (Å²) in [5, 5.41) is 3.79. The molecule has 8 nitrogen and oxygen atoms in total. The van der Waals surface area contributed by atoms with Crippen LogP contribution in [-0.4, -0.2) is 74.5 Å². The van der Waals surface area contributed by atoms with E-state index in [0.717, 1.165) is 43.8 Å². The molecular formula is C22H29N3O5. The summed E-state index contributed by atoms with van der Waals surface area (Å²) in [5.41, 5.74) is 2.44. The minimum absolute atomic E-state index is 0.0256. The molecule has 0 spiro atoms. The van der Waals surface area contributed by atoms with E-state index in [4.69, 9.17) is 13.9 Å². The second-order valence-corrected chi connectivity index (χ2v) is 7.97. The van der Waals surface area contributed by atoms with Gasteiger partial charge in [0.2, 0.25) is 0 Å². The summed E-state index contributed by atoms with van der Waals surface area (Å²) in [6.07, 6.45) is 0.676. The largest absolute Gasteiger partial charge is 0.422 e. The van der Waals surface area contributed by atoms with E-state index in [1.807, 2.05) is 26.0 Å². The van der Waals surface area contributed by atoms with Crippen LogP contribution in [0, 0.1) is 6.92 Å². The minimum atomic E-state index is -0.307. The van der Waals surface area contributed by atoms with Crippen molar-refractivity contribution in [1.29, 1.82) is 0 Å². The molecule has 0 bridgehead atoms. The van der Waals surface area contributed by atoms with Crippen molar-refractivity contribution in [2.45, 2.75) is 26.4 Å². The highest BCUT2D eigenvalue weighted by Gasteiger charge is 2.22. The third-order valence-corrected chi connectivity index (χ3v) is 5.85. The Balaban J connectivity index is 1.49. The number of hydrogen-bond acceptors (Lipinski definition) is 6. The zero-order valence-electron chi connectivity index (χ0n) is 17.6. The first-order chi connectivity index (χ1) is 14.5. The van der Waals surface area contributed by atoms with Crippen LogP contribution in [-0.2, 0) is 15.9 Å². The van der Waals surface area contributed by atoms with Gasteiger partial charge in [0, 0.05) is 55.4 Å². The smallest absolute Gasteiger partial charge is 0.339 e. The van der Waals surface area contributed by atoms with Gasteiger partial charge >= 0.3 is 11.7 Å². The number of rotatable bonds is 4. The molecule has 1 aromatic carbocycles. The van der Waals surface area contributed by atoms with Gasteiger partial charge in [-0.3, -0.25) is 4.90 Å². The average Bonchev–Trinajstić information content (AvgIpc) is 2.74. The van der Waals surface area contributed by atoms with Gasteiger partial charge in [-0.2, -0.15) is 0 Å². The van der Waals surface area contributed by atoms with Crippen molar-refractivity contribution >= 4 is 22.7 Å². The fraction of sp³-hybridized carbons (Fsp3) is 0.545. The van der Waals surface area contributed by atoms with Crippen molar-refractivity contribution in [3.8, 4) is 0 Å². The fourth-order valence-electron chi connectivity index (χ4n) is 4.06. The standard InChI is InChI=1S/C22H29N3O5/c1-15-14-25(9-12-29-15)22(27)23-17-3-4-18-16(2)19(21(26)30-20(18)13-17)5-6-24-7-10-28-11-8-24/h3-4,13,15H,5-12,14H2,1-2H3,(H,23,27). The molecule has 2 amide bonds. The monoisotopic (exact) mass is 415 g/mol. The lowest BCUT2D eigenvalue weighted by atomic mass is 10.0. The molecule has 2 saturated heterocycles. The van der Waals surface area contributed by atoms with Crippen LogP contribution >= 0.6 is 0 Å². The predicted molar refractivity (Wildman–Crippen MR) is 114 cm³/mol. The lowest BCUT2D eigenvalue weighted by molar-refractivity contribution is -0.00138. The van der Waals surface area contributed by atoms with E-state index >= 15 is 0 Å². The predicted octanol–water partition coefficient (Wildman–Crippen LogP) is 2.23. The van der Waals surface area contributed by atoms with Gasteiger partial charge in [-0.15, -0.1) is 0 Å². The number of ether oxygens (including phenoxy) is 2. The molecule has 2 aromatic rings. The van der Waals surface area contributed by atoms with Gasteiger partial charge < -0.3 is 24.1 Å². The highest BCUT2D eigenvalue weighted by Crippen LogP contribution is 2.24. The molecule has 0 radical (unpaired) electrons. The van der Waals surface area contributed by atoms with E-state index in [-0.39, 0.29) is 17.8 Å². The number of carbonyl (C=O) groups is 1. The maximum atomic E-state index is 12.6. The Morgan fingerprint density at radius 2 is 2.00 bits per heavy atom. The Kier molecular flexibility index (Phi) is 6.36. The Morgan fingerprint density at radius 3 is 2.77 bits per heavy atom. The maximum absolute atomic E-state index is 12.6. The lowest BCUT2D eigenvalue weighted by Crippen LogP contribution is -2.46. The molecule has 8 heteroatoms. The molecule has 1 N–H and O–H groups in total. The van der Waals surface area contributed by atoms with E-state index in [2.05, 4.69) is 10.2 Å². The van der Waals surface area contributed by atoms with Gasteiger partial charge in [0.1, 0.15) is 5.58 Å². The lowest BCUT2D eigenvalue weighted by Gasteiger charge is -2.31. The molecule has 162 valence electrons. The number of nitrogens with zero attached hydrogens (tertiary/aromatic N) is 2. The number of morpholine rings is 2. The number of hydrogen-bond donors (Lipinski definition) is 1. The molecule has 0 aliphatic carbocycles. The van der Waals surface area contributed by atoms with Crippen LogP contribution in [0.3, 0.4) is 0 Å². The van der Waals surface area contributed by atoms with Gasteiger partial charge in [-0.25, -0.2) is 9.59 Å². The molecule has 1 atom stereocenters. The quantitative estimate of drug-likeness (QED) is 0.771. The summed E-state index contributed by atoms with van der Waals surface area (Å²) in [6.45, 7) is 9.63. The first-order valence-corrected chi connectivity index (χ1v) is 10.6. The molecule has 1 unspecified atom stereocenters. The van der Waals surface area contributed by atoms with Gasteiger partial charge in [0.15, 0.2) is 0 Å². The van der Waals surface area contributed by atoms with Gasteiger partial charge in [-0.05, 0) is 38.0 Å². The zero-order valence-corrected chi connectivity index (χ0v) is 17.6. The van der Waals surface area contributed by atoms with Crippen LogP contribution in [0.25, 0.3) is 11.0 Å². The second kappa shape index (κ2) is 9.16. The van der Waals surface area contributed by atoms with Crippen LogP contribution in [0.4, 0.5) is 10.5 Å². The fourth-order valence-corrected chi connectivity index (χ4v) is 4.06. The molecule has 1 aromatic heterocycles. The molecule has 3 heterocycles. The minimum Gasteiger partial charge on any atom is -0.422 e. The molecular weight excluding hydrogens is 386 g/mol. The van der Waals surface area contributed by atoms with Crippen LogP contribution in [0.5, 0.6) is 0 Å². The summed E-state index contributed by atoms with van der Waals surface area (Å²) in [4.78, 5) is 29.2. The van der Waals surface area contributed by atoms with Crippen LogP contribution in [0.15, 0.2) is 27.4 Å². The van der Waals surface area contributed by atoms with E-state index in [9.17, 15) is 9.59 Å². The summed E-state index contributed by atoms with van der Waals surface area (Å²) in [6, 6.07) is 5.30. The van der Waals surface area contributed by atoms with Gasteiger partial charge in [0.25, 0.3) is 0 Å². The molecule has 2 aliphatic rings. The molecule has 0 saturated carbocycles. The highest BCUT2D eigenvalue weighted by molar-refractivity contribution is 5.92. The van der Waals surface area contributed by atoms with Crippen molar-refractivity contribution in [3.05, 3.63) is 39.7 Å². The maximum Gasteiger partial charge on any atom is 0.339 e. The topological polar surface area (TPSA) is 84.2 Å². The number of aryl methyl sites for hydroxylation is 1. The molecule has 4 rings (SSSR count). The summed E-state index contributed by atoms with van der Waals surface area (Å²) in [7, 11) is 0. The van der Waals surface area contributed by atoms with Crippen LogP contribution in [0.1, 0.15) is 18.1 Å². The summed E-state index contributed by atoms with van der Waals surface area (Å²) < 4.78 is 16.5. The highest BCUT2D eigenvalue weighted by atomic mass is 16.5. The number of urea groups is 1. The Bertz CT molecular complexity index is 967. The van der Waals surface area contributed by atoms with Crippen molar-refractivity contribution in [2.75, 3.05) is 57.9 Å². The van der Waals surface area contributed by atoms with Gasteiger partial charge in [0.05, 0.1) is 25.9 Å². The SMILES string of the molecule is Cc1c(CCN2CCOCC2)c(=O)oc2cc(NC(=O)N3CCOC(C)C3)ccc12. The Morgan fingerprint density at radius 1 is 1.20 bits per heavy atom. The zero-order chi connectivity index (χ0) is 21.1. The third kappa shape index (κ3) is 4.66. The third-order valence-electron chi connectivity index (χ3n) is 5.85. The average molecular weight is 415 g/mol. The number of nitrogens with one attached hydrogen (secondary N) is 1. The first kappa shape index (κ1) is 20.8. The van der Waals surface area contributed by atoms with Crippen LogP contribution < -0.4 is 10.9 Å². The number of benzene rings is 1. The molecule has 2 aliphatic heterocycles. The van der Waals surface area contributed by atoms with Crippen molar-refractivity contribution < 1.29 is 18.7 Å². The Labute approximate surface area is 175 Å². The summed E-state index contributed by atoms with van der Waals surface area (Å²) >= 11 is 0. The molecule has 2 fully saturated rings. The van der Waals surface area contributed by atoms with Crippen molar-refractivity contribution in [2.24, 2.45) is 0 Å². The van der Waals surface area contributed by atoms with Gasteiger partial charge in [-0.1, -0.05) is 0 Å². The van der Waals surface area contributed by atoms with Crippen LogP contribution in [0.2, 0.25) is 0 Å². The van der Waals surface area contributed by atoms with Crippen molar-refractivity contribution in [1.82, 2.24) is 9.80 Å². The van der Waals surface area contributed by atoms with E-state index in [1.165, 1.54) is 0 Å². The van der Waals surface area contributed by atoms with E-state index in [0.29, 0.717) is 43.0 Å². The second-order valence-electron chi connectivity index (χ2n) is 7.97. The Hall–Kier alpha value is -2.42. The number of fused-ring (bicyclic) bond motifs is 1. The number of anilines is 1. The van der Waals surface area contributed by atoms with Crippen molar-refractivity contribution in [3.63, 3.8) is 0 Å². The normalized spacial score (nSPS) is 20.5. The molecule has 30 heavy (non-hydrogen) atoms.